The fraction of sp³-hybridized carbons (Fsp3) is 0.778. The molecule has 0 unspecified atom stereocenters. The molecule has 0 heterocycles. The Labute approximate surface area is 88.4 Å². The Morgan fingerprint density at radius 1 is 1.36 bits per heavy atom. The topological polar surface area (TPSA) is 58.2 Å². The summed E-state index contributed by atoms with van der Waals surface area (Å²) in [4.78, 5) is 21.7. The first-order valence-electron chi connectivity index (χ1n) is 4.86. The molecule has 0 aromatic heterocycles. The van der Waals surface area contributed by atoms with Gasteiger partial charge in [-0.25, -0.2) is 4.79 Å². The predicted molar refractivity (Wildman–Crippen MR) is 54.2 cm³/mol. The number of amides is 3. The Morgan fingerprint density at radius 3 is 2.57 bits per heavy atom. The Balaban J connectivity index is 1.99. The highest BCUT2D eigenvalue weighted by Crippen LogP contribution is 2.28. The number of carbonyl (C=O) groups is 2. The molecule has 1 fully saturated rings. The normalized spacial score (nSPS) is 15.8. The highest BCUT2D eigenvalue weighted by Gasteiger charge is 2.16. The van der Waals surface area contributed by atoms with Crippen LogP contribution in [0.5, 0.6) is 0 Å². The van der Waals surface area contributed by atoms with Gasteiger partial charge in [-0.05, 0) is 12.3 Å². The molecule has 0 radical (unpaired) electrons. The Hall–Kier alpha value is -0.770. The predicted octanol–water partition coefficient (Wildman–Crippen LogP) is 1.24. The van der Waals surface area contributed by atoms with E-state index in [0.717, 1.165) is 12.3 Å². The fourth-order valence-electron chi connectivity index (χ4n) is 1.38. The summed E-state index contributed by atoms with van der Waals surface area (Å²) in [6.45, 7) is 0.631. The van der Waals surface area contributed by atoms with Crippen molar-refractivity contribution in [2.45, 2.75) is 25.7 Å². The van der Waals surface area contributed by atoms with Gasteiger partial charge >= 0.3 is 6.03 Å². The number of alkyl halides is 1. The van der Waals surface area contributed by atoms with Crippen molar-refractivity contribution in [3.8, 4) is 0 Å². The minimum absolute atomic E-state index is 0.184. The van der Waals surface area contributed by atoms with Crippen molar-refractivity contribution < 1.29 is 9.59 Å². The number of hydrogen-bond donors (Lipinski definition) is 2. The number of nitrogens with one attached hydrogen (secondary N) is 2. The molecular formula is C9H15ClN2O2. The van der Waals surface area contributed by atoms with E-state index in [1.165, 1.54) is 19.3 Å². The zero-order valence-electron chi connectivity index (χ0n) is 8.01. The van der Waals surface area contributed by atoms with Crippen LogP contribution in [0.3, 0.4) is 0 Å². The third kappa shape index (κ3) is 3.96. The van der Waals surface area contributed by atoms with E-state index in [1.807, 2.05) is 0 Å². The first-order valence-corrected chi connectivity index (χ1v) is 5.39. The summed E-state index contributed by atoms with van der Waals surface area (Å²) < 4.78 is 0. The molecule has 0 aromatic rings. The maximum Gasteiger partial charge on any atom is 0.321 e. The van der Waals surface area contributed by atoms with E-state index in [9.17, 15) is 9.59 Å². The highest BCUT2D eigenvalue weighted by atomic mass is 35.5. The van der Waals surface area contributed by atoms with Gasteiger partial charge in [0, 0.05) is 6.54 Å². The Bertz CT molecular complexity index is 217. The second kappa shape index (κ2) is 5.86. The second-order valence-corrected chi connectivity index (χ2v) is 3.79. The largest absolute Gasteiger partial charge is 0.338 e. The zero-order valence-corrected chi connectivity index (χ0v) is 8.77. The van der Waals surface area contributed by atoms with E-state index in [4.69, 9.17) is 11.6 Å². The summed E-state index contributed by atoms with van der Waals surface area (Å²) in [7, 11) is 0. The van der Waals surface area contributed by atoms with Crippen molar-refractivity contribution >= 4 is 23.5 Å². The van der Waals surface area contributed by atoms with E-state index >= 15 is 0 Å². The number of hydrogen-bond acceptors (Lipinski definition) is 2. The Kier molecular flexibility index (Phi) is 4.73. The van der Waals surface area contributed by atoms with Crippen LogP contribution in [-0.4, -0.2) is 24.4 Å². The van der Waals surface area contributed by atoms with Crippen molar-refractivity contribution in [1.82, 2.24) is 10.6 Å². The standard InChI is InChI=1S/C9H15ClN2O2/c10-6-8(13)12-9(14)11-5-4-7-2-1-3-7/h7H,1-6H2,(H2,11,12,13,14). The van der Waals surface area contributed by atoms with Crippen molar-refractivity contribution in [3.63, 3.8) is 0 Å². The number of carbonyl (C=O) groups excluding carboxylic acids is 2. The van der Waals surface area contributed by atoms with Gasteiger partial charge in [-0.1, -0.05) is 19.3 Å². The van der Waals surface area contributed by atoms with Crippen molar-refractivity contribution in [1.29, 1.82) is 0 Å². The van der Waals surface area contributed by atoms with Crippen LogP contribution < -0.4 is 10.6 Å². The second-order valence-electron chi connectivity index (χ2n) is 3.52. The molecular weight excluding hydrogens is 204 g/mol. The number of rotatable bonds is 4. The quantitative estimate of drug-likeness (QED) is 0.698. The molecule has 14 heavy (non-hydrogen) atoms. The van der Waals surface area contributed by atoms with Gasteiger partial charge in [0.15, 0.2) is 0 Å². The summed E-state index contributed by atoms with van der Waals surface area (Å²) >= 11 is 5.22. The lowest BCUT2D eigenvalue weighted by molar-refractivity contribution is -0.117. The van der Waals surface area contributed by atoms with E-state index < -0.39 is 11.9 Å². The van der Waals surface area contributed by atoms with Crippen LogP contribution in [0.4, 0.5) is 4.79 Å². The molecule has 1 aliphatic rings. The van der Waals surface area contributed by atoms with Gasteiger partial charge in [0.25, 0.3) is 0 Å². The molecule has 1 rings (SSSR count). The van der Waals surface area contributed by atoms with Gasteiger partial charge in [-0.2, -0.15) is 0 Å². The van der Waals surface area contributed by atoms with Crippen molar-refractivity contribution in [2.24, 2.45) is 5.92 Å². The first-order chi connectivity index (χ1) is 6.72. The van der Waals surface area contributed by atoms with Crippen LogP contribution in [0.25, 0.3) is 0 Å². The van der Waals surface area contributed by atoms with E-state index in [-0.39, 0.29) is 5.88 Å². The van der Waals surface area contributed by atoms with Gasteiger partial charge in [0.2, 0.25) is 5.91 Å². The average molecular weight is 219 g/mol. The molecule has 4 nitrogen and oxygen atoms in total. The maximum atomic E-state index is 11.0. The minimum Gasteiger partial charge on any atom is -0.338 e. The molecule has 0 aliphatic heterocycles. The number of imide groups is 1. The summed E-state index contributed by atoms with van der Waals surface area (Å²) in [5.41, 5.74) is 0. The van der Waals surface area contributed by atoms with Gasteiger partial charge < -0.3 is 5.32 Å². The zero-order chi connectivity index (χ0) is 10.4. The minimum atomic E-state index is -0.465. The molecule has 2 N–H and O–H groups in total. The molecule has 0 atom stereocenters. The molecule has 5 heteroatoms. The van der Waals surface area contributed by atoms with Gasteiger partial charge in [-0.15, -0.1) is 11.6 Å². The Morgan fingerprint density at radius 2 is 2.07 bits per heavy atom. The monoisotopic (exact) mass is 218 g/mol. The van der Waals surface area contributed by atoms with E-state index in [0.29, 0.717) is 6.54 Å². The maximum absolute atomic E-state index is 11.0. The third-order valence-electron chi connectivity index (χ3n) is 2.44. The van der Waals surface area contributed by atoms with Crippen LogP contribution in [0.1, 0.15) is 25.7 Å². The molecule has 1 saturated carbocycles. The first kappa shape index (κ1) is 11.3. The lowest BCUT2D eigenvalue weighted by atomic mass is 9.83. The summed E-state index contributed by atoms with van der Waals surface area (Å²) in [6.07, 6.45) is 4.85. The van der Waals surface area contributed by atoms with Crippen molar-refractivity contribution in [2.75, 3.05) is 12.4 Å². The SMILES string of the molecule is O=C(CCl)NC(=O)NCCC1CCC1. The van der Waals surface area contributed by atoms with Crippen LogP contribution in [0.2, 0.25) is 0 Å². The van der Waals surface area contributed by atoms with E-state index in [1.54, 1.807) is 0 Å². The number of urea groups is 1. The van der Waals surface area contributed by atoms with Gasteiger partial charge in [0.1, 0.15) is 5.88 Å². The smallest absolute Gasteiger partial charge is 0.321 e. The summed E-state index contributed by atoms with van der Waals surface area (Å²) in [6, 6.07) is -0.449. The fourth-order valence-corrected chi connectivity index (χ4v) is 1.44. The van der Waals surface area contributed by atoms with Crippen LogP contribution in [-0.2, 0) is 4.79 Å². The van der Waals surface area contributed by atoms with Crippen LogP contribution >= 0.6 is 11.6 Å². The number of halogens is 1. The van der Waals surface area contributed by atoms with Crippen LogP contribution in [0.15, 0.2) is 0 Å². The van der Waals surface area contributed by atoms with Crippen molar-refractivity contribution in [3.05, 3.63) is 0 Å². The molecule has 0 bridgehead atoms. The molecule has 1 aliphatic carbocycles. The molecule has 0 saturated heterocycles. The summed E-state index contributed by atoms with van der Waals surface area (Å²) in [5, 5.41) is 4.74. The average Bonchev–Trinajstić information content (AvgIpc) is 2.09. The van der Waals surface area contributed by atoms with Crippen LogP contribution in [0, 0.1) is 5.92 Å². The lowest BCUT2D eigenvalue weighted by Gasteiger charge is -2.25. The van der Waals surface area contributed by atoms with Gasteiger partial charge in [-0.3, -0.25) is 10.1 Å². The third-order valence-corrected chi connectivity index (χ3v) is 2.68. The van der Waals surface area contributed by atoms with E-state index in [2.05, 4.69) is 10.6 Å². The molecule has 0 spiro atoms. The van der Waals surface area contributed by atoms with Gasteiger partial charge in [0.05, 0.1) is 0 Å². The highest BCUT2D eigenvalue weighted by molar-refractivity contribution is 6.28. The molecule has 80 valence electrons. The molecule has 0 aromatic carbocycles. The summed E-state index contributed by atoms with van der Waals surface area (Å²) in [5.74, 6) is 0.114. The lowest BCUT2D eigenvalue weighted by Crippen LogP contribution is -2.40. The molecule has 3 amide bonds.